The van der Waals surface area contributed by atoms with Crippen LogP contribution in [-0.2, 0) is 6.54 Å². The fourth-order valence-electron chi connectivity index (χ4n) is 9.15. The second kappa shape index (κ2) is 9.15. The molecule has 3 heteroatoms. The second-order valence-corrected chi connectivity index (χ2v) is 12.5. The molecule has 4 aliphatic carbocycles. The van der Waals surface area contributed by atoms with Crippen LogP contribution in [0.15, 0.2) is 12.4 Å². The Balaban J connectivity index is 1.27. The molecule has 0 saturated heterocycles. The van der Waals surface area contributed by atoms with Crippen LogP contribution < -0.4 is 0 Å². The van der Waals surface area contributed by atoms with E-state index in [0.29, 0.717) is 16.9 Å². The Morgan fingerprint density at radius 3 is 2.66 bits per heavy atom. The van der Waals surface area contributed by atoms with E-state index < -0.39 is 0 Å². The number of hydrogen-bond donors (Lipinski definition) is 0. The van der Waals surface area contributed by atoms with E-state index in [1.54, 1.807) is 6.20 Å². The van der Waals surface area contributed by atoms with Crippen LogP contribution in [0.25, 0.3) is 0 Å². The third kappa shape index (κ3) is 4.17. The zero-order valence-corrected chi connectivity index (χ0v) is 20.8. The van der Waals surface area contributed by atoms with Gasteiger partial charge in [-0.3, -0.25) is 4.68 Å². The van der Waals surface area contributed by atoms with Crippen molar-refractivity contribution in [1.82, 2.24) is 9.78 Å². The minimum Gasteiger partial charge on any atom is -0.271 e. The predicted molar refractivity (Wildman–Crippen MR) is 130 cm³/mol. The summed E-state index contributed by atoms with van der Waals surface area (Å²) >= 11 is 0. The van der Waals surface area contributed by atoms with Gasteiger partial charge in [-0.15, -0.1) is 0 Å². The van der Waals surface area contributed by atoms with E-state index in [1.165, 1.54) is 77.0 Å². The van der Waals surface area contributed by atoms with Gasteiger partial charge in [0, 0.05) is 12.7 Å². The molecule has 32 heavy (non-hydrogen) atoms. The van der Waals surface area contributed by atoms with E-state index >= 15 is 0 Å². The van der Waals surface area contributed by atoms with Gasteiger partial charge in [-0.2, -0.15) is 10.4 Å². The lowest BCUT2D eigenvalue weighted by molar-refractivity contribution is -0.0638. The predicted octanol–water partition coefficient (Wildman–Crippen LogP) is 7.47. The van der Waals surface area contributed by atoms with Crippen molar-refractivity contribution in [2.24, 2.45) is 52.8 Å². The number of fused-ring (bicyclic) bond motifs is 3. The minimum absolute atomic E-state index is 0.517. The molecule has 3 nitrogen and oxygen atoms in total. The molecule has 1 aromatic rings. The van der Waals surface area contributed by atoms with E-state index in [-0.39, 0.29) is 0 Å². The Morgan fingerprint density at radius 1 is 1.09 bits per heavy atom. The monoisotopic (exact) mass is 435 g/mol. The van der Waals surface area contributed by atoms with Crippen molar-refractivity contribution in [3.8, 4) is 6.07 Å². The van der Waals surface area contributed by atoms with Crippen LogP contribution in [0, 0.1) is 64.1 Å². The summed E-state index contributed by atoms with van der Waals surface area (Å²) in [5, 5.41) is 13.6. The summed E-state index contributed by atoms with van der Waals surface area (Å²) in [6.07, 6.45) is 21.5. The highest BCUT2D eigenvalue weighted by molar-refractivity contribution is 5.21. The van der Waals surface area contributed by atoms with Gasteiger partial charge in [0.15, 0.2) is 0 Å². The molecule has 1 aromatic heterocycles. The normalized spacial score (nSPS) is 39.8. The largest absolute Gasteiger partial charge is 0.271 e. The van der Waals surface area contributed by atoms with E-state index in [0.717, 1.165) is 48.0 Å². The molecule has 0 N–H and O–H groups in total. The number of aromatic nitrogens is 2. The summed E-state index contributed by atoms with van der Waals surface area (Å²) in [6, 6.07) is 2.23. The second-order valence-electron chi connectivity index (χ2n) is 12.5. The van der Waals surface area contributed by atoms with E-state index in [1.807, 2.05) is 10.9 Å². The molecule has 0 spiro atoms. The Kier molecular flexibility index (Phi) is 6.43. The average molecular weight is 436 g/mol. The molecular weight excluding hydrogens is 390 g/mol. The van der Waals surface area contributed by atoms with Gasteiger partial charge in [-0.05, 0) is 97.7 Å². The van der Waals surface area contributed by atoms with Crippen LogP contribution in [-0.4, -0.2) is 9.78 Å². The maximum atomic E-state index is 9.14. The molecule has 4 fully saturated rings. The fraction of sp³-hybridized carbons (Fsp3) is 0.862. The SMILES string of the molecule is CCC[C@@H]1C2CC[C@@]3(C)C(CCC3[C@H](C)Cn3cc(C#N)cn3)[C@@H]2CC[C@@H]1CCC1CC1. The van der Waals surface area contributed by atoms with Crippen molar-refractivity contribution in [1.29, 1.82) is 5.26 Å². The van der Waals surface area contributed by atoms with E-state index in [9.17, 15) is 0 Å². The molecule has 176 valence electrons. The third-order valence-electron chi connectivity index (χ3n) is 10.8. The Labute approximate surface area is 196 Å². The molecule has 0 aliphatic heterocycles. The van der Waals surface area contributed by atoms with Crippen molar-refractivity contribution in [3.63, 3.8) is 0 Å². The lowest BCUT2D eigenvalue weighted by Gasteiger charge is -2.55. The number of rotatable bonds is 8. The fourth-order valence-corrected chi connectivity index (χ4v) is 9.15. The number of nitrogens with zero attached hydrogens (tertiary/aromatic N) is 3. The summed E-state index contributed by atoms with van der Waals surface area (Å²) in [5.41, 5.74) is 1.21. The Morgan fingerprint density at radius 2 is 1.94 bits per heavy atom. The molecular formula is C29H45N3. The van der Waals surface area contributed by atoms with Gasteiger partial charge in [0.05, 0.1) is 11.8 Å². The highest BCUT2D eigenvalue weighted by Gasteiger charge is 2.57. The zero-order chi connectivity index (χ0) is 22.3. The molecule has 5 rings (SSSR count). The number of hydrogen-bond acceptors (Lipinski definition) is 2. The maximum absolute atomic E-state index is 9.14. The first-order chi connectivity index (χ1) is 15.5. The van der Waals surface area contributed by atoms with Crippen LogP contribution >= 0.6 is 0 Å². The van der Waals surface area contributed by atoms with Gasteiger partial charge in [-0.1, -0.05) is 52.9 Å². The molecule has 3 unspecified atom stereocenters. The summed E-state index contributed by atoms with van der Waals surface area (Å²) in [4.78, 5) is 0. The van der Waals surface area contributed by atoms with Crippen LogP contribution in [0.3, 0.4) is 0 Å². The summed E-state index contributed by atoms with van der Waals surface area (Å²) in [5.74, 6) is 7.55. The molecule has 1 heterocycles. The average Bonchev–Trinajstić information content (AvgIpc) is 3.39. The van der Waals surface area contributed by atoms with Crippen LogP contribution in [0.4, 0.5) is 0 Å². The van der Waals surface area contributed by atoms with Gasteiger partial charge < -0.3 is 0 Å². The summed E-state index contributed by atoms with van der Waals surface area (Å²) < 4.78 is 2.02. The maximum Gasteiger partial charge on any atom is 0.102 e. The van der Waals surface area contributed by atoms with Gasteiger partial charge in [0.25, 0.3) is 0 Å². The van der Waals surface area contributed by atoms with Crippen LogP contribution in [0.5, 0.6) is 0 Å². The first-order valence-electron chi connectivity index (χ1n) is 14.0. The van der Waals surface area contributed by atoms with Crippen molar-refractivity contribution in [2.45, 2.75) is 104 Å². The molecule has 0 amide bonds. The van der Waals surface area contributed by atoms with Crippen LogP contribution in [0.2, 0.25) is 0 Å². The van der Waals surface area contributed by atoms with Crippen molar-refractivity contribution >= 4 is 0 Å². The molecule has 8 atom stereocenters. The van der Waals surface area contributed by atoms with E-state index in [4.69, 9.17) is 5.26 Å². The third-order valence-corrected chi connectivity index (χ3v) is 10.8. The first kappa shape index (κ1) is 22.5. The van der Waals surface area contributed by atoms with Gasteiger partial charge in [-0.25, -0.2) is 0 Å². The topological polar surface area (TPSA) is 41.6 Å². The highest BCUT2D eigenvalue weighted by atomic mass is 15.3. The van der Waals surface area contributed by atoms with Gasteiger partial charge in [0.2, 0.25) is 0 Å². The van der Waals surface area contributed by atoms with Gasteiger partial charge >= 0.3 is 0 Å². The van der Waals surface area contributed by atoms with Crippen LogP contribution in [0.1, 0.15) is 103 Å². The lowest BCUT2D eigenvalue weighted by Crippen LogP contribution is -2.48. The first-order valence-corrected chi connectivity index (χ1v) is 14.0. The Bertz CT molecular complexity index is 817. The molecule has 4 aliphatic rings. The number of nitriles is 1. The van der Waals surface area contributed by atoms with Gasteiger partial charge in [0.1, 0.15) is 6.07 Å². The van der Waals surface area contributed by atoms with Crippen molar-refractivity contribution < 1.29 is 0 Å². The molecule has 0 bridgehead atoms. The van der Waals surface area contributed by atoms with Crippen molar-refractivity contribution in [3.05, 3.63) is 18.0 Å². The highest BCUT2D eigenvalue weighted by Crippen LogP contribution is 2.65. The van der Waals surface area contributed by atoms with Crippen molar-refractivity contribution in [2.75, 3.05) is 0 Å². The molecule has 0 aromatic carbocycles. The lowest BCUT2D eigenvalue weighted by atomic mass is 9.50. The minimum atomic E-state index is 0.517. The zero-order valence-electron chi connectivity index (χ0n) is 20.8. The standard InChI is InChI=1S/C29H45N3/c1-4-5-24-23(9-8-21-6-7-21)10-11-26-25(24)14-15-29(3)27(12-13-28(26)29)20(2)18-32-19-22(16-30)17-31-32/h17,19-21,23-28H,4-15,18H2,1-3H3/t20-,23+,24+,25?,26-,27?,28?,29-/m1/s1. The summed E-state index contributed by atoms with van der Waals surface area (Å²) in [6.45, 7) is 8.51. The van der Waals surface area contributed by atoms with E-state index in [2.05, 4.69) is 31.9 Å². The smallest absolute Gasteiger partial charge is 0.102 e. The quantitative estimate of drug-likeness (QED) is 0.425. The molecule has 0 radical (unpaired) electrons. The summed E-state index contributed by atoms with van der Waals surface area (Å²) in [7, 11) is 0. The molecule has 4 saturated carbocycles. The Hall–Kier alpha value is -1.30.